The lowest BCUT2D eigenvalue weighted by molar-refractivity contribution is -0.141. The molecule has 1 amide bonds. The molecule has 1 saturated heterocycles. The molecular formula is C16H16ClF3N4O. The minimum absolute atomic E-state index is 0.0898. The molecule has 2 heterocycles. The molecule has 1 aliphatic heterocycles. The van der Waals surface area contributed by atoms with Crippen LogP contribution in [0, 0.1) is 0 Å². The molecule has 0 radical (unpaired) electrons. The van der Waals surface area contributed by atoms with Crippen molar-refractivity contribution in [2.24, 2.45) is 7.05 Å². The van der Waals surface area contributed by atoms with Crippen LogP contribution in [0.1, 0.15) is 27.8 Å². The van der Waals surface area contributed by atoms with Crippen molar-refractivity contribution in [1.29, 1.82) is 0 Å². The Hall–Kier alpha value is -2.06. The standard InChI is InChI=1S/C16H16ClF3N4O/c1-23-13(12(17)14(22-23)16(18,19)20)15(25)24-8-7-21-11(9-24)10-5-3-2-4-6-10/h2-6,11,21H,7-9H2,1H3/t11-/m1/s1. The summed E-state index contributed by atoms with van der Waals surface area (Å²) in [5, 5.41) is 6.01. The number of nitrogens with one attached hydrogen (secondary N) is 1. The molecule has 5 nitrogen and oxygen atoms in total. The minimum atomic E-state index is -4.70. The molecule has 0 bridgehead atoms. The van der Waals surface area contributed by atoms with Gasteiger partial charge in [-0.15, -0.1) is 0 Å². The fourth-order valence-corrected chi connectivity index (χ4v) is 3.25. The molecule has 0 spiro atoms. The number of hydrogen-bond donors (Lipinski definition) is 1. The van der Waals surface area contributed by atoms with Gasteiger partial charge in [-0.05, 0) is 5.56 Å². The maximum absolute atomic E-state index is 12.9. The van der Waals surface area contributed by atoms with Gasteiger partial charge in [-0.2, -0.15) is 18.3 Å². The van der Waals surface area contributed by atoms with E-state index >= 15 is 0 Å². The van der Waals surface area contributed by atoms with Gasteiger partial charge in [0.05, 0.1) is 0 Å². The van der Waals surface area contributed by atoms with Gasteiger partial charge in [-0.3, -0.25) is 9.48 Å². The van der Waals surface area contributed by atoms with Gasteiger partial charge in [0.1, 0.15) is 10.7 Å². The predicted molar refractivity (Wildman–Crippen MR) is 86.3 cm³/mol. The summed E-state index contributed by atoms with van der Waals surface area (Å²) in [7, 11) is 1.28. The van der Waals surface area contributed by atoms with E-state index in [0.29, 0.717) is 19.6 Å². The van der Waals surface area contributed by atoms with Gasteiger partial charge in [0.2, 0.25) is 0 Å². The first-order valence-electron chi connectivity index (χ1n) is 7.66. The Morgan fingerprint density at radius 1 is 1.32 bits per heavy atom. The van der Waals surface area contributed by atoms with Crippen LogP contribution in [0.15, 0.2) is 30.3 Å². The van der Waals surface area contributed by atoms with Gasteiger partial charge in [-0.25, -0.2) is 0 Å². The highest BCUT2D eigenvalue weighted by Gasteiger charge is 2.40. The Morgan fingerprint density at radius 2 is 2.00 bits per heavy atom. The highest BCUT2D eigenvalue weighted by molar-refractivity contribution is 6.34. The second-order valence-electron chi connectivity index (χ2n) is 5.80. The summed E-state index contributed by atoms with van der Waals surface area (Å²) < 4.78 is 39.7. The number of hydrogen-bond acceptors (Lipinski definition) is 3. The summed E-state index contributed by atoms with van der Waals surface area (Å²) in [5.41, 5.74) is -0.482. The number of carbonyl (C=O) groups is 1. The first-order valence-corrected chi connectivity index (χ1v) is 8.04. The molecule has 1 aromatic heterocycles. The molecule has 1 fully saturated rings. The highest BCUT2D eigenvalue weighted by atomic mass is 35.5. The van der Waals surface area contributed by atoms with Crippen LogP contribution in [0.5, 0.6) is 0 Å². The fourth-order valence-electron chi connectivity index (χ4n) is 2.90. The van der Waals surface area contributed by atoms with Crippen LogP contribution < -0.4 is 5.32 Å². The third kappa shape index (κ3) is 3.50. The molecule has 1 aliphatic rings. The average molecular weight is 373 g/mol. The fraction of sp³-hybridized carbons (Fsp3) is 0.375. The van der Waals surface area contributed by atoms with E-state index < -0.39 is 22.8 Å². The predicted octanol–water partition coefficient (Wildman–Crippen LogP) is 2.88. The molecule has 1 atom stereocenters. The summed E-state index contributed by atoms with van der Waals surface area (Å²) in [6, 6.07) is 9.46. The van der Waals surface area contributed by atoms with E-state index in [1.807, 2.05) is 30.3 Å². The van der Waals surface area contributed by atoms with Crippen LogP contribution in [0.2, 0.25) is 5.02 Å². The quantitative estimate of drug-likeness (QED) is 0.882. The molecule has 25 heavy (non-hydrogen) atoms. The number of carbonyl (C=O) groups excluding carboxylic acids is 1. The largest absolute Gasteiger partial charge is 0.436 e. The van der Waals surface area contributed by atoms with Gasteiger partial charge < -0.3 is 10.2 Å². The van der Waals surface area contributed by atoms with Crippen molar-refractivity contribution in [2.75, 3.05) is 19.6 Å². The Bertz CT molecular complexity index is 776. The zero-order valence-electron chi connectivity index (χ0n) is 13.3. The molecular weight excluding hydrogens is 357 g/mol. The van der Waals surface area contributed by atoms with Crippen molar-refractivity contribution in [3.05, 3.63) is 52.3 Å². The molecule has 134 valence electrons. The maximum atomic E-state index is 12.9. The molecule has 3 rings (SSSR count). The lowest BCUT2D eigenvalue weighted by Crippen LogP contribution is -2.48. The highest BCUT2D eigenvalue weighted by Crippen LogP contribution is 2.36. The summed E-state index contributed by atoms with van der Waals surface area (Å²) in [6.45, 7) is 1.25. The Balaban J connectivity index is 1.85. The van der Waals surface area contributed by atoms with Crippen LogP contribution in [-0.4, -0.2) is 40.2 Å². The van der Waals surface area contributed by atoms with Crippen LogP contribution >= 0.6 is 11.6 Å². The van der Waals surface area contributed by atoms with Gasteiger partial charge >= 0.3 is 6.18 Å². The number of nitrogens with zero attached hydrogens (tertiary/aromatic N) is 3. The van der Waals surface area contributed by atoms with Crippen LogP contribution in [0.3, 0.4) is 0 Å². The molecule has 1 aromatic carbocycles. The van der Waals surface area contributed by atoms with E-state index in [0.717, 1.165) is 10.2 Å². The first kappa shape index (κ1) is 17.8. The molecule has 2 aromatic rings. The van der Waals surface area contributed by atoms with Crippen molar-refractivity contribution in [3.63, 3.8) is 0 Å². The van der Waals surface area contributed by atoms with E-state index in [2.05, 4.69) is 10.4 Å². The number of aromatic nitrogens is 2. The van der Waals surface area contributed by atoms with Crippen molar-refractivity contribution in [3.8, 4) is 0 Å². The summed E-state index contributed by atoms with van der Waals surface area (Å²) >= 11 is 5.82. The molecule has 9 heteroatoms. The summed E-state index contributed by atoms with van der Waals surface area (Å²) in [6.07, 6.45) is -4.70. The normalized spacial score (nSPS) is 18.4. The Labute approximate surface area is 147 Å². The Kier molecular flexibility index (Phi) is 4.75. The maximum Gasteiger partial charge on any atom is 0.436 e. The first-order chi connectivity index (χ1) is 11.8. The van der Waals surface area contributed by atoms with Crippen molar-refractivity contribution in [2.45, 2.75) is 12.2 Å². The van der Waals surface area contributed by atoms with E-state index in [-0.39, 0.29) is 11.7 Å². The van der Waals surface area contributed by atoms with Crippen LogP contribution in [-0.2, 0) is 13.2 Å². The minimum Gasteiger partial charge on any atom is -0.334 e. The van der Waals surface area contributed by atoms with Crippen LogP contribution in [0.25, 0.3) is 0 Å². The SMILES string of the molecule is Cn1nc(C(F)(F)F)c(Cl)c1C(=O)N1CCN[C@@H](c2ccccc2)C1. The van der Waals surface area contributed by atoms with Gasteiger partial charge in [0.25, 0.3) is 5.91 Å². The van der Waals surface area contributed by atoms with E-state index in [4.69, 9.17) is 11.6 Å². The third-order valence-corrected chi connectivity index (χ3v) is 4.48. The second-order valence-corrected chi connectivity index (χ2v) is 6.18. The van der Waals surface area contributed by atoms with Crippen molar-refractivity contribution < 1.29 is 18.0 Å². The lowest BCUT2D eigenvalue weighted by atomic mass is 10.0. The molecule has 1 N–H and O–H groups in total. The number of halogens is 4. The number of amides is 1. The molecule has 0 aliphatic carbocycles. The number of alkyl halides is 3. The smallest absolute Gasteiger partial charge is 0.334 e. The summed E-state index contributed by atoms with van der Waals surface area (Å²) in [4.78, 5) is 14.2. The number of piperazine rings is 1. The average Bonchev–Trinajstić information content (AvgIpc) is 2.90. The van der Waals surface area contributed by atoms with E-state index in [9.17, 15) is 18.0 Å². The van der Waals surface area contributed by atoms with Gasteiger partial charge in [0, 0.05) is 32.7 Å². The molecule has 0 saturated carbocycles. The van der Waals surface area contributed by atoms with Gasteiger partial charge in [0.15, 0.2) is 5.69 Å². The molecule has 0 unspecified atom stereocenters. The van der Waals surface area contributed by atoms with E-state index in [1.54, 1.807) is 0 Å². The third-order valence-electron chi connectivity index (χ3n) is 4.13. The topological polar surface area (TPSA) is 50.2 Å². The van der Waals surface area contributed by atoms with Crippen molar-refractivity contribution >= 4 is 17.5 Å². The zero-order valence-corrected chi connectivity index (χ0v) is 14.1. The Morgan fingerprint density at radius 3 is 2.60 bits per heavy atom. The van der Waals surface area contributed by atoms with Gasteiger partial charge in [-0.1, -0.05) is 41.9 Å². The monoisotopic (exact) mass is 372 g/mol. The number of benzene rings is 1. The number of aryl methyl sites for hydroxylation is 1. The summed E-state index contributed by atoms with van der Waals surface area (Å²) in [5.74, 6) is -0.557. The van der Waals surface area contributed by atoms with Crippen LogP contribution in [0.4, 0.5) is 13.2 Å². The lowest BCUT2D eigenvalue weighted by Gasteiger charge is -2.34. The second kappa shape index (κ2) is 6.68. The van der Waals surface area contributed by atoms with Crippen molar-refractivity contribution in [1.82, 2.24) is 20.0 Å². The number of rotatable bonds is 2. The van der Waals surface area contributed by atoms with E-state index in [1.165, 1.54) is 11.9 Å². The zero-order chi connectivity index (χ0) is 18.2.